The summed E-state index contributed by atoms with van der Waals surface area (Å²) in [4.78, 5) is 45.7. The molecular weight excluding hydrogens is 551 g/mol. The fourth-order valence-corrected chi connectivity index (χ4v) is 4.99. The molecule has 0 saturated carbocycles. The number of hydrogen-bond acceptors (Lipinski definition) is 6. The smallest absolute Gasteiger partial charge is 0.309 e. The van der Waals surface area contributed by atoms with Gasteiger partial charge >= 0.3 is 5.97 Å². The third-order valence-corrected chi connectivity index (χ3v) is 7.31. The van der Waals surface area contributed by atoms with Gasteiger partial charge in [0, 0.05) is 12.0 Å². The van der Waals surface area contributed by atoms with E-state index in [-0.39, 0.29) is 41.0 Å². The number of imidazole rings is 1. The molecular formula is C29H28ClFN6O4. The standard InChI is InChI=1S/C29H28ClFN6O4/c1-16-19(14-33-37(16)24-8-5-6-20(30)27(24)31)29(40)36-21-7-3-4-9-25(38)34-22-12-17(13-26(39)41-2)10-11-18(22)23-15-32-28(21)35-23/h5-6,8,10-12,14-15,21H,3-4,7,9,13H2,1-2H3,(H,32,35)(H,34,38)(H,36,40)/t21-/m0/s1. The summed E-state index contributed by atoms with van der Waals surface area (Å²) in [6.45, 7) is 1.68. The van der Waals surface area contributed by atoms with Crippen LogP contribution in [0, 0.1) is 12.7 Å². The minimum Gasteiger partial charge on any atom is -0.469 e. The Kier molecular flexibility index (Phi) is 8.16. The van der Waals surface area contributed by atoms with E-state index in [1.165, 1.54) is 30.1 Å². The van der Waals surface area contributed by atoms with Crippen LogP contribution in [0.15, 0.2) is 48.8 Å². The highest BCUT2D eigenvalue weighted by molar-refractivity contribution is 6.30. The molecule has 0 unspecified atom stereocenters. The first-order chi connectivity index (χ1) is 19.7. The number of rotatable bonds is 5. The molecule has 0 aliphatic carbocycles. The number of hydrogen-bond donors (Lipinski definition) is 3. The minimum atomic E-state index is -0.628. The van der Waals surface area contributed by atoms with Gasteiger partial charge in [0.25, 0.3) is 5.91 Å². The number of carbonyl (C=O) groups excluding carboxylic acids is 3. The highest BCUT2D eigenvalue weighted by atomic mass is 35.5. The Morgan fingerprint density at radius 1 is 1.22 bits per heavy atom. The quantitative estimate of drug-likeness (QED) is 0.284. The monoisotopic (exact) mass is 578 g/mol. The number of aromatic nitrogens is 4. The predicted molar refractivity (Wildman–Crippen MR) is 150 cm³/mol. The van der Waals surface area contributed by atoms with Crippen molar-refractivity contribution >= 4 is 35.1 Å². The van der Waals surface area contributed by atoms with Gasteiger partial charge in [-0.05, 0) is 43.5 Å². The van der Waals surface area contributed by atoms with Gasteiger partial charge in [0.2, 0.25) is 5.91 Å². The van der Waals surface area contributed by atoms with E-state index in [4.69, 9.17) is 16.3 Å². The molecule has 4 aromatic rings. The molecule has 2 bridgehead atoms. The molecule has 212 valence electrons. The number of benzene rings is 2. The average Bonchev–Trinajstić information content (AvgIpc) is 3.59. The van der Waals surface area contributed by atoms with E-state index in [0.717, 1.165) is 0 Å². The number of aromatic amines is 1. The normalized spacial score (nSPS) is 15.2. The number of esters is 1. The van der Waals surface area contributed by atoms with Gasteiger partial charge in [0.1, 0.15) is 11.5 Å². The predicted octanol–water partition coefficient (Wildman–Crippen LogP) is 5.06. The lowest BCUT2D eigenvalue weighted by molar-refractivity contribution is -0.139. The van der Waals surface area contributed by atoms with Crippen LogP contribution in [0.1, 0.15) is 59.2 Å². The van der Waals surface area contributed by atoms with Crippen LogP contribution in [0.5, 0.6) is 0 Å². The number of amides is 2. The van der Waals surface area contributed by atoms with Crippen molar-refractivity contribution < 1.29 is 23.5 Å². The number of nitrogens with zero attached hydrogens (tertiary/aromatic N) is 3. The van der Waals surface area contributed by atoms with Gasteiger partial charge < -0.3 is 20.4 Å². The van der Waals surface area contributed by atoms with Gasteiger partial charge in [0.05, 0.1) is 59.6 Å². The van der Waals surface area contributed by atoms with Crippen LogP contribution in [-0.4, -0.2) is 44.6 Å². The second-order valence-corrected chi connectivity index (χ2v) is 10.2. The van der Waals surface area contributed by atoms with Crippen molar-refractivity contribution in [3.63, 3.8) is 0 Å². The van der Waals surface area contributed by atoms with E-state index in [1.54, 1.807) is 37.4 Å². The SMILES string of the molecule is COC(=O)Cc1ccc2c(c1)NC(=O)CCCC[C@H](NC(=O)c1cnn(-c3cccc(Cl)c3F)c1C)c1ncc-2[nH]1. The molecule has 0 radical (unpaired) electrons. The Hall–Kier alpha value is -4.51. The molecule has 2 aromatic carbocycles. The lowest BCUT2D eigenvalue weighted by atomic mass is 10.0. The van der Waals surface area contributed by atoms with Crippen molar-refractivity contribution in [2.45, 2.75) is 45.1 Å². The fraction of sp³-hybridized carbons (Fsp3) is 0.276. The van der Waals surface area contributed by atoms with Crippen LogP contribution in [-0.2, 0) is 20.7 Å². The zero-order valence-corrected chi connectivity index (χ0v) is 23.2. The lowest BCUT2D eigenvalue weighted by Gasteiger charge is -2.18. The Morgan fingerprint density at radius 2 is 2.05 bits per heavy atom. The molecule has 41 heavy (non-hydrogen) atoms. The van der Waals surface area contributed by atoms with Crippen molar-refractivity contribution in [2.75, 3.05) is 12.4 Å². The van der Waals surface area contributed by atoms with Crippen LogP contribution in [0.2, 0.25) is 5.02 Å². The topological polar surface area (TPSA) is 131 Å². The Balaban J connectivity index is 1.43. The Bertz CT molecular complexity index is 1630. The first-order valence-corrected chi connectivity index (χ1v) is 13.5. The first kappa shape index (κ1) is 28.0. The summed E-state index contributed by atoms with van der Waals surface area (Å²) in [5.74, 6) is -1.01. The molecule has 1 aliphatic heterocycles. The third kappa shape index (κ3) is 5.99. The highest BCUT2D eigenvalue weighted by Gasteiger charge is 2.24. The number of halogens is 2. The zero-order valence-electron chi connectivity index (χ0n) is 22.5. The number of anilines is 1. The Labute approximate surface area is 240 Å². The van der Waals surface area contributed by atoms with E-state index < -0.39 is 17.8 Å². The molecule has 10 nitrogen and oxygen atoms in total. The van der Waals surface area contributed by atoms with Crippen molar-refractivity contribution in [1.82, 2.24) is 25.1 Å². The second-order valence-electron chi connectivity index (χ2n) is 9.76. The van der Waals surface area contributed by atoms with Crippen LogP contribution in [0.4, 0.5) is 10.1 Å². The van der Waals surface area contributed by atoms with E-state index in [0.29, 0.717) is 53.3 Å². The number of methoxy groups -OCH3 is 1. The van der Waals surface area contributed by atoms with E-state index in [9.17, 15) is 18.8 Å². The highest BCUT2D eigenvalue weighted by Crippen LogP contribution is 2.31. The summed E-state index contributed by atoms with van der Waals surface area (Å²) in [7, 11) is 1.33. The van der Waals surface area contributed by atoms with Gasteiger partial charge in [0.15, 0.2) is 5.82 Å². The maximum absolute atomic E-state index is 14.6. The largest absolute Gasteiger partial charge is 0.469 e. The number of fused-ring (bicyclic) bond motifs is 4. The van der Waals surface area contributed by atoms with E-state index in [2.05, 4.69) is 25.7 Å². The van der Waals surface area contributed by atoms with Crippen molar-refractivity contribution in [3.8, 4) is 16.9 Å². The molecule has 1 aliphatic rings. The molecule has 3 N–H and O–H groups in total. The molecule has 2 aromatic heterocycles. The zero-order chi connectivity index (χ0) is 29.1. The summed E-state index contributed by atoms with van der Waals surface area (Å²) in [5, 5.41) is 10.2. The average molecular weight is 579 g/mol. The maximum atomic E-state index is 14.6. The van der Waals surface area contributed by atoms with Gasteiger partial charge in [-0.15, -0.1) is 0 Å². The van der Waals surface area contributed by atoms with Crippen LogP contribution >= 0.6 is 11.6 Å². The maximum Gasteiger partial charge on any atom is 0.309 e. The van der Waals surface area contributed by atoms with Crippen LogP contribution in [0.3, 0.4) is 0 Å². The molecule has 2 amide bonds. The van der Waals surface area contributed by atoms with Crippen molar-refractivity contribution in [2.24, 2.45) is 0 Å². The number of H-pyrrole nitrogens is 1. The summed E-state index contributed by atoms with van der Waals surface area (Å²) in [6.07, 6.45) is 5.17. The van der Waals surface area contributed by atoms with Crippen molar-refractivity contribution in [1.29, 1.82) is 0 Å². The second kappa shape index (κ2) is 11.9. The summed E-state index contributed by atoms with van der Waals surface area (Å²) < 4.78 is 20.7. The van der Waals surface area contributed by atoms with E-state index >= 15 is 0 Å². The van der Waals surface area contributed by atoms with Gasteiger partial charge in [-0.25, -0.2) is 14.1 Å². The molecule has 3 heterocycles. The van der Waals surface area contributed by atoms with Gasteiger partial charge in [-0.1, -0.05) is 36.2 Å². The van der Waals surface area contributed by atoms with Crippen LogP contribution in [0.25, 0.3) is 16.9 Å². The van der Waals surface area contributed by atoms with Gasteiger partial charge in [-0.3, -0.25) is 14.4 Å². The summed E-state index contributed by atoms with van der Waals surface area (Å²) in [5.41, 5.74) is 3.44. The molecule has 0 spiro atoms. The summed E-state index contributed by atoms with van der Waals surface area (Å²) in [6, 6.07) is 9.45. The molecule has 0 saturated heterocycles. The molecule has 5 rings (SSSR count). The van der Waals surface area contributed by atoms with Crippen LogP contribution < -0.4 is 10.6 Å². The fourth-order valence-electron chi connectivity index (χ4n) is 4.82. The molecule has 0 fully saturated rings. The lowest BCUT2D eigenvalue weighted by Crippen LogP contribution is -2.30. The van der Waals surface area contributed by atoms with E-state index in [1.807, 2.05) is 0 Å². The number of ether oxygens (including phenoxy) is 1. The molecule has 1 atom stereocenters. The molecule has 12 heteroatoms. The Morgan fingerprint density at radius 3 is 2.85 bits per heavy atom. The van der Waals surface area contributed by atoms with Crippen molar-refractivity contribution in [3.05, 3.63) is 82.3 Å². The van der Waals surface area contributed by atoms with Gasteiger partial charge in [-0.2, -0.15) is 5.10 Å². The first-order valence-electron chi connectivity index (χ1n) is 13.1. The summed E-state index contributed by atoms with van der Waals surface area (Å²) >= 11 is 5.94. The number of nitrogens with one attached hydrogen (secondary N) is 3. The number of carbonyl (C=O) groups is 3. The minimum absolute atomic E-state index is 0.0415. The third-order valence-electron chi connectivity index (χ3n) is 7.02.